The number of hydrogen-bond acceptors (Lipinski definition) is 5. The summed E-state index contributed by atoms with van der Waals surface area (Å²) in [6.45, 7) is 3.59. The first-order valence-corrected chi connectivity index (χ1v) is 8.87. The van der Waals surface area contributed by atoms with E-state index in [4.69, 9.17) is 9.73 Å². The van der Waals surface area contributed by atoms with Gasteiger partial charge in [-0.2, -0.15) is 4.37 Å². The zero-order valence-electron chi connectivity index (χ0n) is 13.8. The molecule has 0 bridgehead atoms. The summed E-state index contributed by atoms with van der Waals surface area (Å²) in [6, 6.07) is 10.1. The highest BCUT2D eigenvalue weighted by atomic mass is 32.1. The van der Waals surface area contributed by atoms with Crippen LogP contribution < -0.4 is 4.74 Å². The van der Waals surface area contributed by atoms with Crippen LogP contribution in [0.4, 0.5) is 5.69 Å². The number of piperidine rings is 1. The lowest BCUT2D eigenvalue weighted by molar-refractivity contribution is 0.0702. The average molecular weight is 341 g/mol. The third-order valence-electron chi connectivity index (χ3n) is 5.21. The summed E-state index contributed by atoms with van der Waals surface area (Å²) in [5.41, 5.74) is 3.57. The van der Waals surface area contributed by atoms with Crippen LogP contribution in [-0.2, 0) is 5.41 Å². The normalized spacial score (nSPS) is 18.4. The monoisotopic (exact) mass is 341 g/mol. The predicted octanol–water partition coefficient (Wildman–Crippen LogP) is 3.43. The Bertz CT molecular complexity index is 819. The maximum absolute atomic E-state index is 12.7. The first kappa shape index (κ1) is 15.3. The van der Waals surface area contributed by atoms with E-state index < -0.39 is 0 Å². The summed E-state index contributed by atoms with van der Waals surface area (Å²) in [6.07, 6.45) is 1.84. The number of ether oxygens (including phenoxy) is 1. The smallest absolute Gasteiger partial charge is 0.265 e. The van der Waals surface area contributed by atoms with Gasteiger partial charge in [0, 0.05) is 30.3 Å². The second-order valence-corrected chi connectivity index (χ2v) is 7.13. The average Bonchev–Trinajstić information content (AvgIpc) is 3.19. The Morgan fingerprint density at radius 1 is 1.29 bits per heavy atom. The molecular formula is C18H19N3O2S. The van der Waals surface area contributed by atoms with Gasteiger partial charge in [0.25, 0.3) is 5.91 Å². The van der Waals surface area contributed by atoms with Gasteiger partial charge in [-0.3, -0.25) is 9.79 Å². The Hall–Kier alpha value is -2.21. The fourth-order valence-corrected chi connectivity index (χ4v) is 4.47. The van der Waals surface area contributed by atoms with Crippen molar-refractivity contribution in [2.45, 2.75) is 25.2 Å². The van der Waals surface area contributed by atoms with Crippen LogP contribution in [0.3, 0.4) is 0 Å². The number of amides is 1. The standard InChI is InChI=1S/C18H19N3O2S/c1-12-18(13-5-3-4-6-14(13)19-12)7-9-21(10-8-18)17(22)15-11-16(23-2)20-24-15/h3-6,11H,7-10H2,1-2H3. The van der Waals surface area contributed by atoms with Crippen LogP contribution in [0.2, 0.25) is 0 Å². The van der Waals surface area contributed by atoms with E-state index in [1.807, 2.05) is 11.0 Å². The molecule has 0 unspecified atom stereocenters. The number of aliphatic imine (C=N–C) groups is 1. The van der Waals surface area contributed by atoms with Crippen LogP contribution in [0.15, 0.2) is 35.3 Å². The molecule has 1 aromatic carbocycles. The molecule has 2 aliphatic heterocycles. The molecule has 4 rings (SSSR count). The minimum atomic E-state index is -0.00123. The molecule has 0 N–H and O–H groups in total. The number of rotatable bonds is 2. The summed E-state index contributed by atoms with van der Waals surface area (Å²) in [4.78, 5) is 20.0. The van der Waals surface area contributed by atoms with Gasteiger partial charge in [0.2, 0.25) is 5.88 Å². The topological polar surface area (TPSA) is 54.8 Å². The molecule has 6 heteroatoms. The molecule has 1 fully saturated rings. The van der Waals surface area contributed by atoms with Gasteiger partial charge < -0.3 is 9.64 Å². The number of benzene rings is 1. The first-order valence-electron chi connectivity index (χ1n) is 8.09. The van der Waals surface area contributed by atoms with Gasteiger partial charge in [0.15, 0.2) is 0 Å². The van der Waals surface area contributed by atoms with Crippen LogP contribution in [0, 0.1) is 0 Å². The van der Waals surface area contributed by atoms with Crippen LogP contribution in [0.25, 0.3) is 0 Å². The second-order valence-electron chi connectivity index (χ2n) is 6.32. The second kappa shape index (κ2) is 5.70. The Balaban J connectivity index is 1.53. The molecule has 3 heterocycles. The number of likely N-dealkylation sites (tertiary alicyclic amines) is 1. The molecule has 1 amide bonds. The summed E-state index contributed by atoms with van der Waals surface area (Å²) >= 11 is 1.20. The van der Waals surface area contributed by atoms with E-state index in [-0.39, 0.29) is 11.3 Å². The Morgan fingerprint density at radius 3 is 2.75 bits per heavy atom. The number of hydrogen-bond donors (Lipinski definition) is 0. The van der Waals surface area contributed by atoms with Crippen molar-refractivity contribution in [3.05, 3.63) is 40.8 Å². The van der Waals surface area contributed by atoms with Crippen LogP contribution in [0.5, 0.6) is 5.88 Å². The van der Waals surface area contributed by atoms with Crippen LogP contribution in [0.1, 0.15) is 35.0 Å². The SMILES string of the molecule is COc1cc(C(=O)N2CCC3(CC2)C(C)=Nc2ccccc23)sn1. The van der Waals surface area contributed by atoms with Crippen molar-refractivity contribution in [2.24, 2.45) is 4.99 Å². The van der Waals surface area contributed by atoms with Crippen molar-refractivity contribution in [1.29, 1.82) is 0 Å². The van der Waals surface area contributed by atoms with Crippen molar-refractivity contribution >= 4 is 28.8 Å². The van der Waals surface area contributed by atoms with E-state index in [1.54, 1.807) is 13.2 Å². The van der Waals surface area contributed by atoms with E-state index in [2.05, 4.69) is 29.5 Å². The number of aromatic nitrogens is 1. The molecule has 1 spiro atoms. The molecule has 24 heavy (non-hydrogen) atoms. The number of carbonyl (C=O) groups excluding carboxylic acids is 1. The van der Waals surface area contributed by atoms with Crippen LogP contribution in [-0.4, -0.2) is 41.1 Å². The quantitative estimate of drug-likeness (QED) is 0.841. The van der Waals surface area contributed by atoms with Crippen molar-refractivity contribution < 1.29 is 9.53 Å². The van der Waals surface area contributed by atoms with Crippen molar-refractivity contribution in [3.8, 4) is 5.88 Å². The molecule has 5 nitrogen and oxygen atoms in total. The van der Waals surface area contributed by atoms with Gasteiger partial charge in [-0.1, -0.05) is 18.2 Å². The first-order chi connectivity index (χ1) is 11.6. The summed E-state index contributed by atoms with van der Waals surface area (Å²) in [5.74, 6) is 0.552. The van der Waals surface area contributed by atoms with Gasteiger partial charge in [0.1, 0.15) is 4.88 Å². The fraction of sp³-hybridized carbons (Fsp3) is 0.389. The summed E-state index contributed by atoms with van der Waals surface area (Å²) in [7, 11) is 1.56. The van der Waals surface area contributed by atoms with E-state index in [9.17, 15) is 4.79 Å². The van der Waals surface area contributed by atoms with Crippen molar-refractivity contribution in [1.82, 2.24) is 9.27 Å². The van der Waals surface area contributed by atoms with E-state index >= 15 is 0 Å². The van der Waals surface area contributed by atoms with E-state index in [0.29, 0.717) is 10.8 Å². The number of fused-ring (bicyclic) bond motifs is 2. The zero-order valence-corrected chi connectivity index (χ0v) is 14.6. The van der Waals surface area contributed by atoms with Crippen LogP contribution >= 0.6 is 11.5 Å². The highest BCUT2D eigenvalue weighted by molar-refractivity contribution is 7.08. The summed E-state index contributed by atoms with van der Waals surface area (Å²) < 4.78 is 9.19. The molecule has 124 valence electrons. The molecule has 0 saturated carbocycles. The number of para-hydroxylation sites is 1. The molecular weight excluding hydrogens is 322 g/mol. The maximum atomic E-state index is 12.7. The largest absolute Gasteiger partial charge is 0.480 e. The number of methoxy groups -OCH3 is 1. The Morgan fingerprint density at radius 2 is 2.04 bits per heavy atom. The van der Waals surface area contributed by atoms with Crippen molar-refractivity contribution in [2.75, 3.05) is 20.2 Å². The number of carbonyl (C=O) groups is 1. The summed E-state index contributed by atoms with van der Waals surface area (Å²) in [5, 5.41) is 0. The lowest BCUT2D eigenvalue weighted by Gasteiger charge is -2.40. The lowest BCUT2D eigenvalue weighted by atomic mass is 9.71. The van der Waals surface area contributed by atoms with Gasteiger partial charge in [0.05, 0.1) is 12.8 Å². The Labute approximate surface area is 145 Å². The molecule has 1 aromatic heterocycles. The maximum Gasteiger partial charge on any atom is 0.265 e. The molecule has 0 aliphatic carbocycles. The highest BCUT2D eigenvalue weighted by Gasteiger charge is 2.44. The molecule has 2 aromatic rings. The minimum Gasteiger partial charge on any atom is -0.480 e. The fourth-order valence-electron chi connectivity index (χ4n) is 3.79. The Kier molecular flexibility index (Phi) is 3.64. The molecule has 1 saturated heterocycles. The van der Waals surface area contributed by atoms with Crippen molar-refractivity contribution in [3.63, 3.8) is 0 Å². The molecule has 0 atom stereocenters. The van der Waals surface area contributed by atoms with E-state index in [1.165, 1.54) is 22.8 Å². The molecule has 0 radical (unpaired) electrons. The highest BCUT2D eigenvalue weighted by Crippen LogP contribution is 2.46. The zero-order chi connectivity index (χ0) is 16.7. The van der Waals surface area contributed by atoms with Gasteiger partial charge in [-0.15, -0.1) is 0 Å². The third kappa shape index (κ3) is 2.24. The molecule has 2 aliphatic rings. The van der Waals surface area contributed by atoms with Gasteiger partial charge in [-0.05, 0) is 42.9 Å². The van der Waals surface area contributed by atoms with Gasteiger partial charge >= 0.3 is 0 Å². The lowest BCUT2D eigenvalue weighted by Crippen LogP contribution is -2.47. The third-order valence-corrected chi connectivity index (χ3v) is 5.97. The predicted molar refractivity (Wildman–Crippen MR) is 94.7 cm³/mol. The van der Waals surface area contributed by atoms with E-state index in [0.717, 1.165) is 31.6 Å². The van der Waals surface area contributed by atoms with Gasteiger partial charge in [-0.25, -0.2) is 0 Å². The number of nitrogens with zero attached hydrogens (tertiary/aromatic N) is 3. The minimum absolute atomic E-state index is 0.00123.